The molecule has 0 atom stereocenters. The fourth-order valence-corrected chi connectivity index (χ4v) is 0.743. The van der Waals surface area contributed by atoms with E-state index in [1.807, 2.05) is 0 Å². The van der Waals surface area contributed by atoms with Crippen LogP contribution in [0.2, 0.25) is 0 Å². The van der Waals surface area contributed by atoms with Gasteiger partial charge < -0.3 is 10.6 Å². The average Bonchev–Trinajstić information content (AvgIpc) is 2.14. The van der Waals surface area contributed by atoms with Crippen LogP contribution >= 0.6 is 0 Å². The fourth-order valence-electron chi connectivity index (χ4n) is 0.743. The summed E-state index contributed by atoms with van der Waals surface area (Å²) in [5.41, 5.74) is 0.319. The summed E-state index contributed by atoms with van der Waals surface area (Å²) in [4.78, 5) is 21.3. The van der Waals surface area contributed by atoms with Crippen molar-refractivity contribution in [3.05, 3.63) is 12.2 Å². The van der Waals surface area contributed by atoms with Crippen molar-refractivity contribution in [2.75, 3.05) is 13.1 Å². The fraction of sp³-hybridized carbons (Fsp3) is 0.556. The molecule has 0 aromatic heterocycles. The molecule has 0 aromatic carbocycles. The Bertz CT molecular complexity index is 287. The molecule has 0 bridgehead atoms. The molecule has 0 spiro atoms. The molecule has 0 rings (SSSR count). The Morgan fingerprint density at radius 3 is 2.12 bits per heavy atom. The molecule has 0 aliphatic heterocycles. The number of halogens is 3. The lowest BCUT2D eigenvalue weighted by atomic mass is 10.3. The molecule has 4 nitrogen and oxygen atoms in total. The van der Waals surface area contributed by atoms with Gasteiger partial charge in [-0.3, -0.25) is 9.59 Å². The van der Waals surface area contributed by atoms with E-state index in [0.717, 1.165) is 0 Å². The summed E-state index contributed by atoms with van der Waals surface area (Å²) in [6.07, 6.45) is -4.64. The molecule has 7 heteroatoms. The molecule has 0 radical (unpaired) electrons. The van der Waals surface area contributed by atoms with Gasteiger partial charge >= 0.3 is 12.1 Å². The SMILES string of the molecule is C=C(C)C(=O)NCCCNC(=O)C(F)(F)F. The number of hydrogen-bond donors (Lipinski definition) is 2. The molecule has 0 aromatic rings. The summed E-state index contributed by atoms with van der Waals surface area (Å²) in [5, 5.41) is 4.11. The van der Waals surface area contributed by atoms with Crippen LogP contribution in [0.15, 0.2) is 12.2 Å². The van der Waals surface area contributed by atoms with Crippen LogP contribution in [0.4, 0.5) is 13.2 Å². The summed E-state index contributed by atoms with van der Waals surface area (Å²) < 4.78 is 35.1. The van der Waals surface area contributed by atoms with Crippen LogP contribution in [-0.4, -0.2) is 31.1 Å². The molecule has 0 heterocycles. The van der Waals surface area contributed by atoms with E-state index in [-0.39, 0.29) is 25.4 Å². The number of carbonyl (C=O) groups is 2. The average molecular weight is 238 g/mol. The zero-order chi connectivity index (χ0) is 12.8. The lowest BCUT2D eigenvalue weighted by Gasteiger charge is -2.08. The second-order valence-electron chi connectivity index (χ2n) is 3.14. The highest BCUT2D eigenvalue weighted by Crippen LogP contribution is 2.13. The molecular formula is C9H13F3N2O2. The van der Waals surface area contributed by atoms with Gasteiger partial charge in [-0.25, -0.2) is 0 Å². The minimum Gasteiger partial charge on any atom is -0.352 e. The zero-order valence-corrected chi connectivity index (χ0v) is 8.78. The first kappa shape index (κ1) is 14.5. The zero-order valence-electron chi connectivity index (χ0n) is 8.78. The Kier molecular flexibility index (Phi) is 5.55. The molecular weight excluding hydrogens is 225 g/mol. The molecule has 16 heavy (non-hydrogen) atoms. The molecule has 2 amide bonds. The van der Waals surface area contributed by atoms with Crippen molar-refractivity contribution in [1.82, 2.24) is 10.6 Å². The third-order valence-corrected chi connectivity index (χ3v) is 1.57. The standard InChI is InChI=1S/C9H13F3N2O2/c1-6(2)7(15)13-4-3-5-14-8(16)9(10,11)12/h1,3-5H2,2H3,(H,13,15)(H,14,16). The Hall–Kier alpha value is -1.53. The maximum absolute atomic E-state index is 11.7. The third-order valence-electron chi connectivity index (χ3n) is 1.57. The van der Waals surface area contributed by atoms with E-state index < -0.39 is 12.1 Å². The summed E-state index contributed by atoms with van der Waals surface area (Å²) in [6.45, 7) is 4.94. The van der Waals surface area contributed by atoms with Crippen molar-refractivity contribution >= 4 is 11.8 Å². The first-order chi connectivity index (χ1) is 7.25. The van der Waals surface area contributed by atoms with Crippen molar-refractivity contribution in [3.8, 4) is 0 Å². The van der Waals surface area contributed by atoms with E-state index in [4.69, 9.17) is 0 Å². The van der Waals surface area contributed by atoms with E-state index >= 15 is 0 Å². The van der Waals surface area contributed by atoms with Gasteiger partial charge in [0.2, 0.25) is 5.91 Å². The Labute approximate surface area is 90.9 Å². The van der Waals surface area contributed by atoms with Crippen molar-refractivity contribution < 1.29 is 22.8 Å². The van der Waals surface area contributed by atoms with Crippen LogP contribution in [0.25, 0.3) is 0 Å². The number of nitrogens with one attached hydrogen (secondary N) is 2. The van der Waals surface area contributed by atoms with Gasteiger partial charge in [-0.15, -0.1) is 0 Å². The van der Waals surface area contributed by atoms with Gasteiger partial charge in [0.15, 0.2) is 0 Å². The molecule has 0 fully saturated rings. The van der Waals surface area contributed by atoms with E-state index in [2.05, 4.69) is 11.9 Å². The van der Waals surface area contributed by atoms with Crippen LogP contribution in [0.5, 0.6) is 0 Å². The monoisotopic (exact) mass is 238 g/mol. The number of alkyl halides is 3. The largest absolute Gasteiger partial charge is 0.471 e. The Balaban J connectivity index is 3.59. The number of amides is 2. The second kappa shape index (κ2) is 6.14. The predicted molar refractivity (Wildman–Crippen MR) is 51.5 cm³/mol. The highest BCUT2D eigenvalue weighted by atomic mass is 19.4. The predicted octanol–water partition coefficient (Wildman–Crippen LogP) is 0.747. The van der Waals surface area contributed by atoms with Crippen molar-refractivity contribution in [1.29, 1.82) is 0 Å². The van der Waals surface area contributed by atoms with Gasteiger partial charge in [0.25, 0.3) is 0 Å². The van der Waals surface area contributed by atoms with Crippen LogP contribution < -0.4 is 10.6 Å². The number of hydrogen-bond acceptors (Lipinski definition) is 2. The van der Waals surface area contributed by atoms with E-state index in [9.17, 15) is 22.8 Å². The lowest BCUT2D eigenvalue weighted by molar-refractivity contribution is -0.173. The van der Waals surface area contributed by atoms with Crippen molar-refractivity contribution in [3.63, 3.8) is 0 Å². The number of carbonyl (C=O) groups excluding carboxylic acids is 2. The second-order valence-corrected chi connectivity index (χ2v) is 3.14. The van der Waals surface area contributed by atoms with Crippen LogP contribution in [0.1, 0.15) is 13.3 Å². The molecule has 0 aliphatic carbocycles. The topological polar surface area (TPSA) is 58.2 Å². The molecule has 0 unspecified atom stereocenters. The maximum Gasteiger partial charge on any atom is 0.471 e. The number of rotatable bonds is 5. The minimum absolute atomic E-state index is 0.144. The van der Waals surface area contributed by atoms with Crippen LogP contribution in [0, 0.1) is 0 Å². The smallest absolute Gasteiger partial charge is 0.352 e. The Morgan fingerprint density at radius 1 is 1.19 bits per heavy atom. The van der Waals surface area contributed by atoms with E-state index in [1.54, 1.807) is 5.32 Å². The van der Waals surface area contributed by atoms with Gasteiger partial charge in [-0.05, 0) is 13.3 Å². The van der Waals surface area contributed by atoms with E-state index in [0.29, 0.717) is 5.57 Å². The highest BCUT2D eigenvalue weighted by Gasteiger charge is 2.38. The minimum atomic E-state index is -4.86. The van der Waals surface area contributed by atoms with Crippen LogP contribution in [0.3, 0.4) is 0 Å². The maximum atomic E-state index is 11.7. The van der Waals surface area contributed by atoms with Gasteiger partial charge in [0, 0.05) is 18.7 Å². The molecule has 92 valence electrons. The summed E-state index contributed by atoms with van der Waals surface area (Å²) in [5.74, 6) is -2.33. The van der Waals surface area contributed by atoms with Crippen molar-refractivity contribution in [2.45, 2.75) is 19.5 Å². The quantitative estimate of drug-likeness (QED) is 0.548. The van der Waals surface area contributed by atoms with Crippen molar-refractivity contribution in [2.24, 2.45) is 0 Å². The van der Waals surface area contributed by atoms with Gasteiger partial charge in [-0.1, -0.05) is 6.58 Å². The van der Waals surface area contributed by atoms with Crippen LogP contribution in [-0.2, 0) is 9.59 Å². The normalized spacial score (nSPS) is 10.8. The first-order valence-electron chi connectivity index (χ1n) is 4.54. The van der Waals surface area contributed by atoms with Gasteiger partial charge in [-0.2, -0.15) is 13.2 Å². The first-order valence-corrected chi connectivity index (χ1v) is 4.54. The summed E-state index contributed by atoms with van der Waals surface area (Å²) in [7, 11) is 0. The molecule has 0 aliphatic rings. The molecule has 2 N–H and O–H groups in total. The summed E-state index contributed by atoms with van der Waals surface area (Å²) >= 11 is 0. The molecule has 0 saturated carbocycles. The Morgan fingerprint density at radius 2 is 1.69 bits per heavy atom. The highest BCUT2D eigenvalue weighted by molar-refractivity contribution is 5.92. The van der Waals surface area contributed by atoms with E-state index in [1.165, 1.54) is 6.92 Å². The van der Waals surface area contributed by atoms with Gasteiger partial charge in [0.05, 0.1) is 0 Å². The van der Waals surface area contributed by atoms with Gasteiger partial charge in [0.1, 0.15) is 0 Å². The summed E-state index contributed by atoms with van der Waals surface area (Å²) in [6, 6.07) is 0. The molecule has 0 saturated heterocycles. The third kappa shape index (κ3) is 6.05. The lowest BCUT2D eigenvalue weighted by Crippen LogP contribution is -2.38.